The Morgan fingerprint density at radius 3 is 2.58 bits per heavy atom. The van der Waals surface area contributed by atoms with Crippen molar-refractivity contribution in [2.45, 2.75) is 32.9 Å². The maximum absolute atomic E-state index is 5.97. The highest BCUT2D eigenvalue weighted by Gasteiger charge is 2.10. The molecule has 0 aliphatic carbocycles. The smallest absolute Gasteiger partial charge is 0.221 e. The molecular weight excluding hydrogens is 390 g/mol. The summed E-state index contributed by atoms with van der Waals surface area (Å²) in [4.78, 5) is 17.6. The minimum absolute atomic E-state index is 0.144. The fourth-order valence-corrected chi connectivity index (χ4v) is 3.04. The van der Waals surface area contributed by atoms with Crippen LogP contribution in [0.15, 0.2) is 58.6 Å². The fraction of sp³-hybridized carbons (Fsp3) is 0.261. The quantitative estimate of drug-likeness (QED) is 0.329. The first-order valence-corrected chi connectivity index (χ1v) is 9.97. The van der Waals surface area contributed by atoms with Crippen molar-refractivity contribution < 1.29 is 4.74 Å². The molecule has 1 aromatic carbocycles. The summed E-state index contributed by atoms with van der Waals surface area (Å²) in [5.41, 5.74) is 11.4. The van der Waals surface area contributed by atoms with Crippen LogP contribution in [0.25, 0.3) is 11.3 Å². The van der Waals surface area contributed by atoms with Gasteiger partial charge in [0.1, 0.15) is 5.71 Å². The first-order valence-electron chi connectivity index (χ1n) is 9.97. The predicted octanol–water partition coefficient (Wildman–Crippen LogP) is 3.32. The van der Waals surface area contributed by atoms with Gasteiger partial charge in [0.15, 0.2) is 0 Å². The number of ether oxygens (including phenoxy) is 1. The maximum atomic E-state index is 5.97. The number of nitrogens with zero attached hydrogens (tertiary/aromatic N) is 5. The van der Waals surface area contributed by atoms with E-state index in [0.717, 1.165) is 17.0 Å². The third-order valence-corrected chi connectivity index (χ3v) is 4.62. The molecule has 0 atom stereocenters. The van der Waals surface area contributed by atoms with E-state index in [1.807, 2.05) is 36.4 Å². The Labute approximate surface area is 182 Å². The topological polar surface area (TPSA) is 125 Å². The molecule has 0 radical (unpaired) electrons. The van der Waals surface area contributed by atoms with Gasteiger partial charge in [0.25, 0.3) is 0 Å². The zero-order valence-corrected chi connectivity index (χ0v) is 18.0. The number of pyridine rings is 1. The third kappa shape index (κ3) is 5.93. The fourth-order valence-electron chi connectivity index (χ4n) is 3.04. The van der Waals surface area contributed by atoms with Crippen LogP contribution in [0.3, 0.4) is 0 Å². The molecule has 0 fully saturated rings. The van der Waals surface area contributed by atoms with Gasteiger partial charge >= 0.3 is 0 Å². The number of methoxy groups -OCH3 is 1. The van der Waals surface area contributed by atoms with Gasteiger partial charge in [-0.05, 0) is 35.7 Å². The number of benzene rings is 1. The number of rotatable bonds is 8. The van der Waals surface area contributed by atoms with Gasteiger partial charge in [-0.3, -0.25) is 9.98 Å². The van der Waals surface area contributed by atoms with Crippen LogP contribution in [0.1, 0.15) is 42.4 Å². The Morgan fingerprint density at radius 2 is 1.84 bits per heavy atom. The monoisotopic (exact) mass is 417 g/mol. The van der Waals surface area contributed by atoms with Crippen LogP contribution in [0, 0.1) is 0 Å². The third-order valence-electron chi connectivity index (χ3n) is 4.62. The number of aromatic nitrogens is 3. The van der Waals surface area contributed by atoms with Crippen LogP contribution in [0.2, 0.25) is 0 Å². The summed E-state index contributed by atoms with van der Waals surface area (Å²) in [6, 6.07) is 15.7. The SMILES string of the molecule is COCc1cccc(CN=CC(=NN)c2cc(-c3cccc(C(C)C)c3)nc(N)n2)n1. The molecule has 8 heteroatoms. The van der Waals surface area contributed by atoms with Crippen molar-refractivity contribution in [1.82, 2.24) is 15.0 Å². The van der Waals surface area contributed by atoms with Crippen molar-refractivity contribution in [3.8, 4) is 11.3 Å². The molecule has 4 N–H and O–H groups in total. The van der Waals surface area contributed by atoms with Crippen molar-refractivity contribution in [2.24, 2.45) is 15.9 Å². The summed E-state index contributed by atoms with van der Waals surface area (Å²) >= 11 is 0. The summed E-state index contributed by atoms with van der Waals surface area (Å²) in [7, 11) is 1.64. The molecule has 2 heterocycles. The maximum Gasteiger partial charge on any atom is 0.221 e. The molecule has 0 bridgehead atoms. The lowest BCUT2D eigenvalue weighted by Crippen LogP contribution is -2.11. The summed E-state index contributed by atoms with van der Waals surface area (Å²) in [6.45, 7) is 5.12. The van der Waals surface area contributed by atoms with Gasteiger partial charge in [-0.15, -0.1) is 0 Å². The first-order chi connectivity index (χ1) is 15.0. The largest absolute Gasteiger partial charge is 0.378 e. The molecule has 0 aliphatic rings. The number of anilines is 1. The van der Waals surface area contributed by atoms with Crippen molar-refractivity contribution in [3.05, 3.63) is 71.2 Å². The van der Waals surface area contributed by atoms with Crippen molar-refractivity contribution in [3.63, 3.8) is 0 Å². The van der Waals surface area contributed by atoms with E-state index in [2.05, 4.69) is 51.0 Å². The second-order valence-electron chi connectivity index (χ2n) is 7.31. The Kier molecular flexibility index (Phi) is 7.40. The van der Waals surface area contributed by atoms with E-state index >= 15 is 0 Å². The summed E-state index contributed by atoms with van der Waals surface area (Å²) in [5.74, 6) is 6.16. The van der Waals surface area contributed by atoms with E-state index in [0.29, 0.717) is 36.2 Å². The summed E-state index contributed by atoms with van der Waals surface area (Å²) < 4.78 is 5.12. The number of aliphatic imine (C=N–C) groups is 1. The van der Waals surface area contributed by atoms with Gasteiger partial charge in [-0.25, -0.2) is 9.97 Å². The average molecular weight is 418 g/mol. The number of hydrogen-bond donors (Lipinski definition) is 2. The molecule has 3 rings (SSSR count). The van der Waals surface area contributed by atoms with Crippen molar-refractivity contribution in [1.29, 1.82) is 0 Å². The van der Waals surface area contributed by atoms with Gasteiger partial charge in [0, 0.05) is 12.7 Å². The van der Waals surface area contributed by atoms with E-state index in [1.54, 1.807) is 13.3 Å². The van der Waals surface area contributed by atoms with Crippen molar-refractivity contribution >= 4 is 17.9 Å². The van der Waals surface area contributed by atoms with Crippen LogP contribution < -0.4 is 11.6 Å². The second-order valence-corrected chi connectivity index (χ2v) is 7.31. The highest BCUT2D eigenvalue weighted by atomic mass is 16.5. The van der Waals surface area contributed by atoms with Gasteiger partial charge in [0.2, 0.25) is 5.95 Å². The van der Waals surface area contributed by atoms with Gasteiger partial charge in [-0.2, -0.15) is 5.10 Å². The second kappa shape index (κ2) is 10.4. The van der Waals surface area contributed by atoms with Crippen LogP contribution in [0.5, 0.6) is 0 Å². The molecule has 0 saturated heterocycles. The molecule has 160 valence electrons. The van der Waals surface area contributed by atoms with Crippen LogP contribution in [-0.2, 0) is 17.9 Å². The van der Waals surface area contributed by atoms with E-state index in [4.69, 9.17) is 16.3 Å². The molecule has 0 aliphatic heterocycles. The molecule has 2 aromatic heterocycles. The predicted molar refractivity (Wildman–Crippen MR) is 124 cm³/mol. The van der Waals surface area contributed by atoms with E-state index in [1.165, 1.54) is 5.56 Å². The molecule has 0 amide bonds. The molecular formula is C23H27N7O. The van der Waals surface area contributed by atoms with E-state index < -0.39 is 0 Å². The molecule has 0 unspecified atom stereocenters. The molecule has 31 heavy (non-hydrogen) atoms. The summed E-state index contributed by atoms with van der Waals surface area (Å²) in [6.07, 6.45) is 1.57. The van der Waals surface area contributed by atoms with Gasteiger partial charge in [0.05, 0.1) is 42.1 Å². The molecule has 0 spiro atoms. The molecule has 8 nitrogen and oxygen atoms in total. The Hall–Kier alpha value is -3.65. The lowest BCUT2D eigenvalue weighted by molar-refractivity contribution is 0.181. The Morgan fingerprint density at radius 1 is 1.06 bits per heavy atom. The lowest BCUT2D eigenvalue weighted by atomic mass is 9.99. The standard InChI is InChI=1S/C23H27N7O/c1-15(2)16-6-4-7-17(10-16)20-11-21(29-23(24)28-20)22(30-25)13-26-12-18-8-5-9-19(27-18)14-31-3/h4-11,13,15H,12,14,25H2,1-3H3,(H2,24,28,29). The van der Waals surface area contributed by atoms with E-state index in [-0.39, 0.29) is 5.95 Å². The Balaban J connectivity index is 1.83. The average Bonchev–Trinajstić information content (AvgIpc) is 2.77. The lowest BCUT2D eigenvalue weighted by Gasteiger charge is -2.09. The normalized spacial score (nSPS) is 12.1. The zero-order chi connectivity index (χ0) is 22.2. The number of nitrogens with two attached hydrogens (primary N) is 2. The highest BCUT2D eigenvalue weighted by molar-refractivity contribution is 6.37. The van der Waals surface area contributed by atoms with Gasteiger partial charge in [-0.1, -0.05) is 38.1 Å². The number of hydrazone groups is 1. The number of hydrogen-bond acceptors (Lipinski definition) is 8. The minimum Gasteiger partial charge on any atom is -0.378 e. The molecule has 0 saturated carbocycles. The first kappa shape index (κ1) is 22.0. The van der Waals surface area contributed by atoms with Crippen LogP contribution in [0.4, 0.5) is 5.95 Å². The Bertz CT molecular complexity index is 1090. The van der Waals surface area contributed by atoms with Gasteiger partial charge < -0.3 is 16.3 Å². The highest BCUT2D eigenvalue weighted by Crippen LogP contribution is 2.23. The van der Waals surface area contributed by atoms with Crippen molar-refractivity contribution in [2.75, 3.05) is 12.8 Å². The summed E-state index contributed by atoms with van der Waals surface area (Å²) in [5, 5.41) is 3.84. The zero-order valence-electron chi connectivity index (χ0n) is 18.0. The number of nitrogen functional groups attached to an aromatic ring is 1. The molecule has 3 aromatic rings. The van der Waals surface area contributed by atoms with Crippen LogP contribution in [-0.4, -0.2) is 34.0 Å². The van der Waals surface area contributed by atoms with Crippen LogP contribution >= 0.6 is 0 Å². The van der Waals surface area contributed by atoms with E-state index in [9.17, 15) is 0 Å². The minimum atomic E-state index is 0.144.